The summed E-state index contributed by atoms with van der Waals surface area (Å²) < 4.78 is 2.02. The lowest BCUT2D eigenvalue weighted by atomic mass is 10.4. The van der Waals surface area contributed by atoms with Crippen LogP contribution in [0.1, 0.15) is 0 Å². The van der Waals surface area contributed by atoms with Crippen LogP contribution in [0.25, 0.3) is 0 Å². The van der Waals surface area contributed by atoms with Gasteiger partial charge in [-0.05, 0) is 28.7 Å². The molecular weight excluding hydrogens is 356 g/mol. The molecule has 0 amide bonds. The van der Waals surface area contributed by atoms with Gasteiger partial charge in [-0.3, -0.25) is 0 Å². The Hall–Kier alpha value is 0.250. The van der Waals surface area contributed by atoms with Crippen LogP contribution in [-0.4, -0.2) is 16.3 Å². The van der Waals surface area contributed by atoms with E-state index >= 15 is 0 Å². The van der Waals surface area contributed by atoms with E-state index in [1.165, 1.54) is 0 Å². The lowest BCUT2D eigenvalue weighted by Gasteiger charge is -2.25. The molecule has 64 valence electrons. The molecule has 0 spiro atoms. The van der Waals surface area contributed by atoms with Crippen molar-refractivity contribution in [3.05, 3.63) is 20.5 Å². The van der Waals surface area contributed by atoms with Gasteiger partial charge in [0.25, 0.3) is 0 Å². The normalized spacial score (nSPS) is 27.1. The second kappa shape index (κ2) is 3.19. The highest BCUT2D eigenvalue weighted by molar-refractivity contribution is 14.1. The molecule has 0 radical (unpaired) electrons. The first-order chi connectivity index (χ1) is 5.68. The summed E-state index contributed by atoms with van der Waals surface area (Å²) in [4.78, 5) is 0. The molecule has 1 unspecified atom stereocenters. The number of hydrazone groups is 1. The van der Waals surface area contributed by atoms with E-state index < -0.39 is 0 Å². The fourth-order valence-corrected chi connectivity index (χ4v) is 2.47. The Kier molecular flexibility index (Phi) is 2.35. The number of allylic oxidation sites excluding steroid dienone is 1. The first-order valence-electron chi connectivity index (χ1n) is 3.20. The molecule has 2 aliphatic heterocycles. The zero-order chi connectivity index (χ0) is 8.72. The first-order valence-corrected chi connectivity index (χ1v) is 5.45. The standard InChI is InChI=1S/C6H4BrClIN3/c7-3-1-4(8)11-12-5(9)2-10-6(3)12/h1-2,6,10H. The molecule has 1 N–H and O–H groups in total. The van der Waals surface area contributed by atoms with Crippen LogP contribution in [0.3, 0.4) is 0 Å². The molecule has 0 aromatic heterocycles. The molecular formula is C6H4BrClIN3. The van der Waals surface area contributed by atoms with Crippen molar-refractivity contribution < 1.29 is 0 Å². The second-order valence-corrected chi connectivity index (χ2v) is 4.74. The number of hydrogen-bond donors (Lipinski definition) is 1. The van der Waals surface area contributed by atoms with Crippen LogP contribution >= 0.6 is 50.1 Å². The average Bonchev–Trinajstić information content (AvgIpc) is 2.33. The minimum absolute atomic E-state index is 0.0828. The number of hydrogen-bond acceptors (Lipinski definition) is 3. The van der Waals surface area contributed by atoms with Crippen LogP contribution in [0.4, 0.5) is 0 Å². The number of nitrogens with zero attached hydrogens (tertiary/aromatic N) is 2. The number of rotatable bonds is 0. The zero-order valence-electron chi connectivity index (χ0n) is 5.76. The lowest BCUT2D eigenvalue weighted by Crippen LogP contribution is -2.35. The monoisotopic (exact) mass is 359 g/mol. The Morgan fingerprint density at radius 3 is 3.25 bits per heavy atom. The quantitative estimate of drug-likeness (QED) is 0.530. The highest BCUT2D eigenvalue weighted by atomic mass is 127. The van der Waals surface area contributed by atoms with E-state index in [2.05, 4.69) is 48.9 Å². The second-order valence-electron chi connectivity index (χ2n) is 2.33. The van der Waals surface area contributed by atoms with Gasteiger partial charge in [0.1, 0.15) is 3.70 Å². The molecule has 0 saturated heterocycles. The van der Waals surface area contributed by atoms with Crippen molar-refractivity contribution in [2.24, 2.45) is 5.10 Å². The van der Waals surface area contributed by atoms with E-state index in [0.29, 0.717) is 5.17 Å². The average molecular weight is 360 g/mol. The topological polar surface area (TPSA) is 27.6 Å². The van der Waals surface area contributed by atoms with Gasteiger partial charge in [-0.25, -0.2) is 5.01 Å². The van der Waals surface area contributed by atoms with Gasteiger partial charge in [-0.1, -0.05) is 27.5 Å². The van der Waals surface area contributed by atoms with Crippen molar-refractivity contribution in [1.82, 2.24) is 10.3 Å². The molecule has 0 fully saturated rings. The highest BCUT2D eigenvalue weighted by Gasteiger charge is 2.29. The van der Waals surface area contributed by atoms with Gasteiger partial charge in [0, 0.05) is 10.7 Å². The van der Waals surface area contributed by atoms with Crippen molar-refractivity contribution in [3.63, 3.8) is 0 Å². The maximum atomic E-state index is 5.79. The number of fused-ring (bicyclic) bond motifs is 1. The largest absolute Gasteiger partial charge is 0.363 e. The van der Waals surface area contributed by atoms with Crippen LogP contribution in [0.15, 0.2) is 25.6 Å². The Morgan fingerprint density at radius 2 is 2.50 bits per heavy atom. The Labute approximate surface area is 96.8 Å². The predicted octanol–water partition coefficient (Wildman–Crippen LogP) is 2.30. The van der Waals surface area contributed by atoms with Gasteiger partial charge in [0.2, 0.25) is 0 Å². The van der Waals surface area contributed by atoms with Gasteiger partial charge >= 0.3 is 0 Å². The van der Waals surface area contributed by atoms with Crippen LogP contribution < -0.4 is 5.32 Å². The summed E-state index contributed by atoms with van der Waals surface area (Å²) in [6.07, 6.45) is 3.78. The predicted molar refractivity (Wildman–Crippen MR) is 61.2 cm³/mol. The zero-order valence-corrected chi connectivity index (χ0v) is 10.3. The van der Waals surface area contributed by atoms with Crippen LogP contribution in [0.5, 0.6) is 0 Å². The summed E-state index contributed by atoms with van der Waals surface area (Å²) in [6, 6.07) is 0. The van der Waals surface area contributed by atoms with E-state index in [0.717, 1.165) is 8.19 Å². The van der Waals surface area contributed by atoms with Crippen molar-refractivity contribution in [1.29, 1.82) is 0 Å². The van der Waals surface area contributed by atoms with Gasteiger partial charge < -0.3 is 5.32 Å². The Bertz CT molecular complexity index is 312. The lowest BCUT2D eigenvalue weighted by molar-refractivity contribution is 0.333. The molecule has 0 bridgehead atoms. The van der Waals surface area contributed by atoms with E-state index in [4.69, 9.17) is 11.6 Å². The van der Waals surface area contributed by atoms with Crippen LogP contribution in [0.2, 0.25) is 0 Å². The van der Waals surface area contributed by atoms with Gasteiger partial charge in [0.15, 0.2) is 11.3 Å². The number of nitrogens with one attached hydrogen (secondary N) is 1. The molecule has 0 saturated carbocycles. The molecule has 3 nitrogen and oxygen atoms in total. The van der Waals surface area contributed by atoms with Crippen LogP contribution in [-0.2, 0) is 0 Å². The summed E-state index contributed by atoms with van der Waals surface area (Å²) in [5.41, 5.74) is 0. The minimum Gasteiger partial charge on any atom is -0.363 e. The third-order valence-electron chi connectivity index (χ3n) is 1.55. The summed E-state index contributed by atoms with van der Waals surface area (Å²) >= 11 is 11.4. The summed E-state index contributed by atoms with van der Waals surface area (Å²) in [7, 11) is 0. The van der Waals surface area contributed by atoms with Gasteiger partial charge in [-0.2, -0.15) is 5.10 Å². The third kappa shape index (κ3) is 1.38. The van der Waals surface area contributed by atoms with Crippen molar-refractivity contribution in [2.45, 2.75) is 6.17 Å². The van der Waals surface area contributed by atoms with Crippen LogP contribution in [0, 0.1) is 0 Å². The molecule has 0 aromatic rings. The molecule has 6 heteroatoms. The highest BCUT2D eigenvalue weighted by Crippen LogP contribution is 2.30. The SMILES string of the molecule is ClC1=NN2C(I)=CNC2C(Br)=C1. The molecule has 0 aliphatic carbocycles. The van der Waals surface area contributed by atoms with E-state index in [1.807, 2.05) is 11.2 Å². The summed E-state index contributed by atoms with van der Waals surface area (Å²) in [5, 5.41) is 9.62. The van der Waals surface area contributed by atoms with Crippen molar-refractivity contribution in [2.75, 3.05) is 0 Å². The molecule has 2 rings (SSSR count). The Morgan fingerprint density at radius 1 is 1.75 bits per heavy atom. The fourth-order valence-electron chi connectivity index (χ4n) is 1.03. The third-order valence-corrected chi connectivity index (χ3v) is 3.20. The van der Waals surface area contributed by atoms with E-state index in [9.17, 15) is 0 Å². The molecule has 0 aromatic carbocycles. The summed E-state index contributed by atoms with van der Waals surface area (Å²) in [6.45, 7) is 0. The fraction of sp³-hybridized carbons (Fsp3) is 0.167. The molecule has 2 aliphatic rings. The Balaban J connectivity index is 2.35. The number of halogens is 3. The maximum Gasteiger partial charge on any atom is 0.154 e. The summed E-state index contributed by atoms with van der Waals surface area (Å²) in [5.74, 6) is 0. The molecule has 12 heavy (non-hydrogen) atoms. The van der Waals surface area contributed by atoms with E-state index in [1.54, 1.807) is 6.08 Å². The van der Waals surface area contributed by atoms with Crippen molar-refractivity contribution >= 4 is 55.3 Å². The molecule has 2 heterocycles. The van der Waals surface area contributed by atoms with Crippen molar-refractivity contribution in [3.8, 4) is 0 Å². The van der Waals surface area contributed by atoms with E-state index in [-0.39, 0.29) is 6.17 Å². The van der Waals surface area contributed by atoms with Gasteiger partial charge in [0.05, 0.1) is 0 Å². The minimum atomic E-state index is 0.0828. The smallest absolute Gasteiger partial charge is 0.154 e. The van der Waals surface area contributed by atoms with Gasteiger partial charge in [-0.15, -0.1) is 0 Å². The maximum absolute atomic E-state index is 5.79. The molecule has 1 atom stereocenters. The first kappa shape index (κ1) is 8.83.